The number of sulfonamides is 1. The summed E-state index contributed by atoms with van der Waals surface area (Å²) in [6.45, 7) is 2.24. The highest BCUT2D eigenvalue weighted by molar-refractivity contribution is 7.92. The Balaban J connectivity index is 1.28. The minimum atomic E-state index is -5.10. The fourth-order valence-electron chi connectivity index (χ4n) is 8.97. The van der Waals surface area contributed by atoms with Gasteiger partial charge in [-0.25, -0.2) is 22.2 Å². The van der Waals surface area contributed by atoms with Crippen LogP contribution < -0.4 is 10.0 Å². The minimum absolute atomic E-state index is 0.00136. The Morgan fingerprint density at radius 2 is 1.76 bits per heavy atom. The lowest BCUT2D eigenvalue weighted by molar-refractivity contribution is -0.142. The van der Waals surface area contributed by atoms with Gasteiger partial charge in [0.05, 0.1) is 40.0 Å². The van der Waals surface area contributed by atoms with E-state index >= 15 is 8.78 Å². The maximum absolute atomic E-state index is 15.7. The maximum Gasteiger partial charge on any atom is 0.435 e. The summed E-state index contributed by atoms with van der Waals surface area (Å²) in [6.07, 6.45) is -3.29. The Bertz CT molecular complexity index is 2850. The smallest absolute Gasteiger partial charge is 0.346 e. The van der Waals surface area contributed by atoms with Gasteiger partial charge in [-0.3, -0.25) is 23.7 Å². The molecule has 2 aromatic carbocycles. The summed E-state index contributed by atoms with van der Waals surface area (Å²) in [5, 5.41) is 10.8. The van der Waals surface area contributed by atoms with E-state index < -0.39 is 99.4 Å². The van der Waals surface area contributed by atoms with Crippen LogP contribution in [0.3, 0.4) is 0 Å². The van der Waals surface area contributed by atoms with Crippen molar-refractivity contribution in [2.45, 2.75) is 69.8 Å². The molecule has 4 heterocycles. The van der Waals surface area contributed by atoms with Gasteiger partial charge in [0.25, 0.3) is 5.92 Å². The van der Waals surface area contributed by atoms with Crippen LogP contribution in [0.5, 0.6) is 0 Å². The zero-order chi connectivity index (χ0) is 44.8. The summed E-state index contributed by atoms with van der Waals surface area (Å²) in [5.41, 5.74) is -2.21. The van der Waals surface area contributed by atoms with Gasteiger partial charge in [0.2, 0.25) is 21.8 Å². The number of amides is 2. The van der Waals surface area contributed by atoms with Crippen molar-refractivity contribution in [2.75, 3.05) is 17.5 Å². The molecule has 3 aliphatic rings. The molecule has 2 aliphatic carbocycles. The number of anilines is 1. The lowest BCUT2D eigenvalue weighted by atomic mass is 9.93. The number of nitrogens with one attached hydrogen (secondary N) is 2. The van der Waals surface area contributed by atoms with E-state index in [0.29, 0.717) is 35.7 Å². The van der Waals surface area contributed by atoms with Crippen LogP contribution in [-0.4, -0.2) is 68.5 Å². The fraction of sp³-hybridized carbons (Fsp3) is 0.390. The molecule has 1 aliphatic heterocycles. The molecule has 62 heavy (non-hydrogen) atoms. The van der Waals surface area contributed by atoms with Gasteiger partial charge in [0.1, 0.15) is 29.6 Å². The molecule has 2 amide bonds. The number of carbonyl (C=O) groups is 2. The highest BCUT2D eigenvalue weighted by atomic mass is 35.5. The largest absolute Gasteiger partial charge is 0.435 e. The number of likely N-dealkylation sites (tertiary alicyclic amines) is 1. The summed E-state index contributed by atoms with van der Waals surface area (Å²) in [7, 11) is -2.35. The van der Waals surface area contributed by atoms with Crippen LogP contribution >= 0.6 is 11.6 Å². The maximum atomic E-state index is 15.7. The first-order valence-electron chi connectivity index (χ1n) is 19.3. The van der Waals surface area contributed by atoms with E-state index in [1.807, 2.05) is 0 Å². The topological polar surface area (TPSA) is 144 Å². The third-order valence-electron chi connectivity index (χ3n) is 11.5. The molecular formula is C41H36ClF7N8O4S. The molecule has 2 N–H and O–H groups in total. The van der Waals surface area contributed by atoms with Crippen molar-refractivity contribution in [1.29, 1.82) is 0 Å². The second kappa shape index (κ2) is 15.3. The van der Waals surface area contributed by atoms with E-state index in [0.717, 1.165) is 18.4 Å². The Labute approximate surface area is 354 Å². The lowest BCUT2D eigenvalue weighted by Crippen LogP contribution is -2.35. The van der Waals surface area contributed by atoms with Gasteiger partial charge in [-0.1, -0.05) is 30.5 Å². The number of carbonyl (C=O) groups excluding carboxylic acids is 2. The van der Waals surface area contributed by atoms with Crippen molar-refractivity contribution in [3.8, 4) is 23.0 Å². The normalized spacial score (nSPS) is 20.7. The average Bonchev–Trinajstić information content (AvgIpc) is 3.54. The van der Waals surface area contributed by atoms with Crippen LogP contribution in [0.1, 0.15) is 72.6 Å². The number of aryl methyl sites for hydroxylation is 1. The Kier molecular flexibility index (Phi) is 10.6. The van der Waals surface area contributed by atoms with Crippen LogP contribution in [0.15, 0.2) is 42.5 Å². The predicted octanol–water partition coefficient (Wildman–Crippen LogP) is 7.07. The summed E-state index contributed by atoms with van der Waals surface area (Å²) in [4.78, 5) is 32.8. The number of aromatic nitrogens is 5. The molecule has 5 atom stereocenters. The number of halogens is 8. The number of nitrogens with zero attached hydrogens (tertiary/aromatic N) is 6. The van der Waals surface area contributed by atoms with E-state index in [4.69, 9.17) is 16.6 Å². The number of benzene rings is 2. The zero-order valence-corrected chi connectivity index (χ0v) is 34.8. The summed E-state index contributed by atoms with van der Waals surface area (Å²) >= 11 is 6.61. The van der Waals surface area contributed by atoms with Crippen LogP contribution in [-0.2, 0) is 51.7 Å². The molecule has 12 nitrogen and oxygen atoms in total. The number of pyridine rings is 1. The number of alkyl halides is 5. The number of fused-ring (bicyclic) bond motifs is 4. The van der Waals surface area contributed by atoms with Crippen molar-refractivity contribution in [3.05, 3.63) is 93.0 Å². The number of rotatable bonds is 9. The molecule has 0 radical (unpaired) electrons. The standard InChI is InChI=1S/C41H36ClF7N8O4S/c1-19-31-33-37(41(47,48)49)52-57(38(33)40(45,46)34(19)31)18-30(59)51-29(16-21-14-22(43)17-23(44)15-21)35-26(10-8-24(50-35)7-9-25-6-5-13-56(25)20(2)58)27-11-12-28(42)32-36(27)55(3)53-39(32)54-62(4,60)61/h8,10-12,14-15,17,19,25,29,31,34H,5-6,13,16,18H2,1-4H3,(H,51,59)(H,53,54)/t19-,25?,29+,31-,34?/m1/s1. The van der Waals surface area contributed by atoms with Gasteiger partial charge < -0.3 is 10.2 Å². The molecule has 1 saturated heterocycles. The van der Waals surface area contributed by atoms with Gasteiger partial charge in [0.15, 0.2) is 11.5 Å². The second-order valence-corrected chi connectivity index (χ2v) is 18.0. The summed E-state index contributed by atoms with van der Waals surface area (Å²) < 4.78 is 132. The van der Waals surface area contributed by atoms with Gasteiger partial charge in [-0.15, -0.1) is 0 Å². The number of hydrogen-bond donors (Lipinski definition) is 2. The van der Waals surface area contributed by atoms with Crippen molar-refractivity contribution in [2.24, 2.45) is 18.9 Å². The molecule has 0 bridgehead atoms. The molecule has 2 fully saturated rings. The van der Waals surface area contributed by atoms with Gasteiger partial charge in [-0.2, -0.15) is 32.1 Å². The Morgan fingerprint density at radius 1 is 1.06 bits per heavy atom. The summed E-state index contributed by atoms with van der Waals surface area (Å²) in [5.74, 6) is -4.25. The minimum Gasteiger partial charge on any atom is -0.346 e. The quantitative estimate of drug-likeness (QED) is 0.119. The van der Waals surface area contributed by atoms with Crippen LogP contribution in [0, 0.1) is 35.3 Å². The van der Waals surface area contributed by atoms with Crippen molar-refractivity contribution in [3.63, 3.8) is 0 Å². The molecule has 3 aromatic heterocycles. The van der Waals surface area contributed by atoms with Crippen molar-refractivity contribution >= 4 is 50.2 Å². The molecule has 8 rings (SSSR count). The van der Waals surface area contributed by atoms with E-state index in [-0.39, 0.29) is 50.2 Å². The predicted molar refractivity (Wildman–Crippen MR) is 212 cm³/mol. The molecule has 1 saturated carbocycles. The second-order valence-electron chi connectivity index (χ2n) is 15.8. The molecule has 5 aromatic rings. The van der Waals surface area contributed by atoms with E-state index in [9.17, 15) is 40.0 Å². The van der Waals surface area contributed by atoms with E-state index in [2.05, 4.69) is 32.1 Å². The highest BCUT2D eigenvalue weighted by Crippen LogP contribution is 2.71. The lowest BCUT2D eigenvalue weighted by Gasteiger charge is -2.23. The molecule has 2 unspecified atom stereocenters. The van der Waals surface area contributed by atoms with Crippen LogP contribution in [0.4, 0.5) is 36.6 Å². The average molecular weight is 905 g/mol. The molecule has 0 spiro atoms. The van der Waals surface area contributed by atoms with E-state index in [1.165, 1.54) is 37.7 Å². The van der Waals surface area contributed by atoms with Gasteiger partial charge in [-0.05, 0) is 67.0 Å². The Hall–Kier alpha value is -5.68. The van der Waals surface area contributed by atoms with Crippen molar-refractivity contribution < 1.29 is 48.7 Å². The zero-order valence-electron chi connectivity index (χ0n) is 33.2. The third-order valence-corrected chi connectivity index (χ3v) is 12.4. The molecule has 21 heteroatoms. The number of hydrogen-bond acceptors (Lipinski definition) is 7. The summed E-state index contributed by atoms with van der Waals surface area (Å²) in [6, 6.07) is 6.90. The fourth-order valence-corrected chi connectivity index (χ4v) is 9.71. The highest BCUT2D eigenvalue weighted by Gasteiger charge is 2.72. The van der Waals surface area contributed by atoms with Crippen LogP contribution in [0.25, 0.3) is 22.0 Å². The first-order valence-corrected chi connectivity index (χ1v) is 21.5. The van der Waals surface area contributed by atoms with E-state index in [1.54, 1.807) is 17.0 Å². The monoisotopic (exact) mass is 904 g/mol. The van der Waals surface area contributed by atoms with Crippen LogP contribution in [0.2, 0.25) is 5.02 Å². The first-order chi connectivity index (χ1) is 29.0. The van der Waals surface area contributed by atoms with Crippen molar-refractivity contribution in [1.82, 2.24) is 34.8 Å². The van der Waals surface area contributed by atoms with Gasteiger partial charge in [0, 0.05) is 55.1 Å². The molecule has 326 valence electrons. The SMILES string of the molecule is CC(=O)N1CCCC1C#Cc1ccc(-c2ccc(Cl)c3c(NS(C)(=O)=O)nn(C)c23)c([C@H](Cc2cc(F)cc(F)c2)NC(=O)Cn2nc(C(F)(F)F)c3c2C(F)(F)C2[C@@H]3[C@H]2C)n1. The Morgan fingerprint density at radius 3 is 2.42 bits per heavy atom. The molecular weight excluding hydrogens is 869 g/mol. The third kappa shape index (κ3) is 7.84. The first kappa shape index (κ1) is 43.0. The van der Waals surface area contributed by atoms with Gasteiger partial charge >= 0.3 is 6.18 Å².